The lowest BCUT2D eigenvalue weighted by atomic mass is 10.1. The lowest BCUT2D eigenvalue weighted by Crippen LogP contribution is -2.31. The molecule has 1 saturated heterocycles. The van der Waals surface area contributed by atoms with Crippen molar-refractivity contribution in [2.75, 3.05) is 24.5 Å². The molecule has 23 heavy (non-hydrogen) atoms. The zero-order valence-corrected chi connectivity index (χ0v) is 13.0. The molecule has 2 N–H and O–H groups in total. The molecule has 1 fully saturated rings. The fourth-order valence-electron chi connectivity index (χ4n) is 2.90. The van der Waals surface area contributed by atoms with E-state index in [-0.39, 0.29) is 11.7 Å². The molecule has 0 spiro atoms. The third-order valence-electron chi connectivity index (χ3n) is 4.26. The molecule has 2 heterocycles. The van der Waals surface area contributed by atoms with Gasteiger partial charge in [-0.1, -0.05) is 0 Å². The summed E-state index contributed by atoms with van der Waals surface area (Å²) < 4.78 is 13.0. The van der Waals surface area contributed by atoms with E-state index in [1.54, 1.807) is 18.3 Å². The first-order valence-electron chi connectivity index (χ1n) is 7.95. The molecule has 1 atom stereocenters. The molecule has 1 unspecified atom stereocenters. The van der Waals surface area contributed by atoms with Gasteiger partial charge in [0.25, 0.3) is 0 Å². The summed E-state index contributed by atoms with van der Waals surface area (Å²) in [7, 11) is 0. The molecule has 0 aliphatic carbocycles. The number of hydrogen-bond acceptors (Lipinski definition) is 3. The number of nitrogens with one attached hydrogen (secondary N) is 2. The lowest BCUT2D eigenvalue weighted by Gasteiger charge is -2.18. The van der Waals surface area contributed by atoms with Gasteiger partial charge in [-0.05, 0) is 48.6 Å². The molecule has 2 aromatic rings. The highest BCUT2D eigenvalue weighted by Gasteiger charge is 2.23. The Morgan fingerprint density at radius 3 is 2.96 bits per heavy atom. The van der Waals surface area contributed by atoms with Crippen LogP contribution in [-0.4, -0.2) is 35.7 Å². The monoisotopic (exact) mass is 316 g/mol. The summed E-state index contributed by atoms with van der Waals surface area (Å²) in [5, 5.41) is 9.62. The van der Waals surface area contributed by atoms with Crippen molar-refractivity contribution in [1.82, 2.24) is 15.5 Å². The van der Waals surface area contributed by atoms with Crippen LogP contribution in [0.1, 0.15) is 18.4 Å². The van der Waals surface area contributed by atoms with Gasteiger partial charge < -0.3 is 10.2 Å². The zero-order valence-electron chi connectivity index (χ0n) is 13.0. The molecule has 1 aromatic carbocycles. The van der Waals surface area contributed by atoms with E-state index in [2.05, 4.69) is 20.4 Å². The fraction of sp³-hybridized carbons (Fsp3) is 0.412. The molecule has 1 aliphatic heterocycles. The van der Waals surface area contributed by atoms with E-state index in [9.17, 15) is 9.18 Å². The number of H-pyrrole nitrogens is 1. The normalized spacial score (nSPS) is 17.4. The molecule has 1 amide bonds. The number of benzene rings is 1. The average Bonchev–Trinajstić information content (AvgIpc) is 3.23. The van der Waals surface area contributed by atoms with Gasteiger partial charge in [0.2, 0.25) is 5.91 Å². The van der Waals surface area contributed by atoms with Gasteiger partial charge in [0.15, 0.2) is 0 Å². The van der Waals surface area contributed by atoms with E-state index in [4.69, 9.17) is 0 Å². The van der Waals surface area contributed by atoms with E-state index in [0.717, 1.165) is 30.8 Å². The van der Waals surface area contributed by atoms with Crippen molar-refractivity contribution in [1.29, 1.82) is 0 Å². The Balaban J connectivity index is 1.39. The Hall–Kier alpha value is -2.37. The number of aryl methyl sites for hydroxylation is 1. The summed E-state index contributed by atoms with van der Waals surface area (Å²) >= 11 is 0. The van der Waals surface area contributed by atoms with Gasteiger partial charge >= 0.3 is 0 Å². The van der Waals surface area contributed by atoms with E-state index in [1.165, 1.54) is 12.1 Å². The highest BCUT2D eigenvalue weighted by atomic mass is 19.1. The standard InChI is InChI=1S/C17H21FN4O/c18-15-2-4-16(5-3-15)22-8-7-14(12-22)9-19-17(23)6-1-13-10-20-21-11-13/h2-5,10-11,14H,1,6-9,12H2,(H,19,23)(H,20,21). The van der Waals surface area contributed by atoms with Crippen molar-refractivity contribution in [3.05, 3.63) is 48.0 Å². The minimum atomic E-state index is -0.214. The Bertz CT molecular complexity index is 627. The van der Waals surface area contributed by atoms with Gasteiger partial charge in [-0.25, -0.2) is 4.39 Å². The minimum Gasteiger partial charge on any atom is -0.371 e. The summed E-state index contributed by atoms with van der Waals surface area (Å²) in [6.45, 7) is 2.54. The topological polar surface area (TPSA) is 61.0 Å². The van der Waals surface area contributed by atoms with Crippen molar-refractivity contribution in [3.8, 4) is 0 Å². The Morgan fingerprint density at radius 2 is 2.22 bits per heavy atom. The summed E-state index contributed by atoms with van der Waals surface area (Å²) in [6.07, 6.45) is 5.78. The fourth-order valence-corrected chi connectivity index (χ4v) is 2.90. The number of nitrogens with zero attached hydrogens (tertiary/aromatic N) is 2. The van der Waals surface area contributed by atoms with Gasteiger partial charge in [0, 0.05) is 37.9 Å². The molecule has 122 valence electrons. The molecule has 5 nitrogen and oxygen atoms in total. The molecular weight excluding hydrogens is 295 g/mol. The second-order valence-electron chi connectivity index (χ2n) is 5.99. The van der Waals surface area contributed by atoms with Crippen LogP contribution in [-0.2, 0) is 11.2 Å². The van der Waals surface area contributed by atoms with E-state index < -0.39 is 0 Å². The number of carbonyl (C=O) groups excluding carboxylic acids is 1. The zero-order chi connectivity index (χ0) is 16.1. The number of rotatable bonds is 6. The molecule has 0 radical (unpaired) electrons. The predicted molar refractivity (Wildman–Crippen MR) is 86.6 cm³/mol. The molecule has 3 rings (SSSR count). The van der Waals surface area contributed by atoms with Gasteiger partial charge in [-0.2, -0.15) is 5.10 Å². The van der Waals surface area contributed by atoms with Gasteiger partial charge in [0.05, 0.1) is 6.20 Å². The molecule has 1 aliphatic rings. The first kappa shape index (κ1) is 15.5. The highest BCUT2D eigenvalue weighted by Crippen LogP contribution is 2.23. The molecule has 6 heteroatoms. The summed E-state index contributed by atoms with van der Waals surface area (Å²) in [6, 6.07) is 6.59. The summed E-state index contributed by atoms with van der Waals surface area (Å²) in [5.74, 6) is 0.304. The van der Waals surface area contributed by atoms with Crippen LogP contribution in [0.5, 0.6) is 0 Å². The molecular formula is C17H21FN4O. The quantitative estimate of drug-likeness (QED) is 0.858. The summed E-state index contributed by atoms with van der Waals surface area (Å²) in [4.78, 5) is 14.1. The first-order chi connectivity index (χ1) is 11.2. The Morgan fingerprint density at radius 1 is 1.39 bits per heavy atom. The van der Waals surface area contributed by atoms with Crippen molar-refractivity contribution in [2.45, 2.75) is 19.3 Å². The first-order valence-corrected chi connectivity index (χ1v) is 7.95. The number of amides is 1. The predicted octanol–water partition coefficient (Wildman–Crippen LogP) is 2.12. The average molecular weight is 316 g/mol. The number of anilines is 1. The number of halogens is 1. The van der Waals surface area contributed by atoms with Gasteiger partial charge in [-0.3, -0.25) is 9.89 Å². The van der Waals surface area contributed by atoms with E-state index in [1.807, 2.05) is 6.20 Å². The van der Waals surface area contributed by atoms with Crippen LogP contribution < -0.4 is 10.2 Å². The molecule has 0 saturated carbocycles. The van der Waals surface area contributed by atoms with Crippen molar-refractivity contribution < 1.29 is 9.18 Å². The SMILES string of the molecule is O=C(CCc1cn[nH]c1)NCC1CCN(c2ccc(F)cc2)C1. The second kappa shape index (κ2) is 7.26. The second-order valence-corrected chi connectivity index (χ2v) is 5.99. The van der Waals surface area contributed by atoms with Crippen LogP contribution in [0.4, 0.5) is 10.1 Å². The minimum absolute atomic E-state index is 0.0754. The molecule has 1 aromatic heterocycles. The van der Waals surface area contributed by atoms with Gasteiger partial charge in [0.1, 0.15) is 5.82 Å². The maximum atomic E-state index is 13.0. The van der Waals surface area contributed by atoms with Crippen LogP contribution in [0.2, 0.25) is 0 Å². The smallest absolute Gasteiger partial charge is 0.220 e. The van der Waals surface area contributed by atoms with Gasteiger partial charge in [-0.15, -0.1) is 0 Å². The summed E-state index contributed by atoms with van der Waals surface area (Å²) in [5.41, 5.74) is 2.09. The lowest BCUT2D eigenvalue weighted by molar-refractivity contribution is -0.121. The van der Waals surface area contributed by atoms with Crippen LogP contribution in [0, 0.1) is 11.7 Å². The third-order valence-corrected chi connectivity index (χ3v) is 4.26. The Kier molecular flexibility index (Phi) is 4.90. The van der Waals surface area contributed by atoms with Crippen LogP contribution >= 0.6 is 0 Å². The Labute approximate surface area is 134 Å². The van der Waals surface area contributed by atoms with Crippen LogP contribution in [0.25, 0.3) is 0 Å². The number of aromatic nitrogens is 2. The van der Waals surface area contributed by atoms with Crippen molar-refractivity contribution in [3.63, 3.8) is 0 Å². The van der Waals surface area contributed by atoms with Crippen LogP contribution in [0.3, 0.4) is 0 Å². The molecule has 0 bridgehead atoms. The van der Waals surface area contributed by atoms with Crippen LogP contribution in [0.15, 0.2) is 36.7 Å². The number of hydrogen-bond donors (Lipinski definition) is 2. The van der Waals surface area contributed by atoms with E-state index in [0.29, 0.717) is 25.3 Å². The highest BCUT2D eigenvalue weighted by molar-refractivity contribution is 5.76. The van der Waals surface area contributed by atoms with Crippen molar-refractivity contribution >= 4 is 11.6 Å². The number of carbonyl (C=O) groups is 1. The van der Waals surface area contributed by atoms with E-state index >= 15 is 0 Å². The van der Waals surface area contributed by atoms with Crippen molar-refractivity contribution in [2.24, 2.45) is 5.92 Å². The number of aromatic amines is 1. The third kappa shape index (κ3) is 4.31. The maximum Gasteiger partial charge on any atom is 0.220 e. The largest absolute Gasteiger partial charge is 0.371 e. The maximum absolute atomic E-state index is 13.0.